The lowest BCUT2D eigenvalue weighted by Crippen LogP contribution is -2.81. The fraction of sp³-hybridized carbons (Fsp3) is 0.778. The van der Waals surface area contributed by atoms with E-state index < -0.39 is 16.6 Å². The highest BCUT2D eigenvalue weighted by Crippen LogP contribution is 2.76. The summed E-state index contributed by atoms with van der Waals surface area (Å²) >= 11 is 0. The molecule has 5 heteroatoms. The van der Waals surface area contributed by atoms with Crippen molar-refractivity contribution < 1.29 is 19.7 Å². The first-order chi connectivity index (χ1) is 15.0. The number of ether oxygens (including phenoxy) is 2. The number of phenolic OH excluding ortho intramolecular Hbond substituents is 1. The molecule has 2 aliphatic heterocycles. The van der Waals surface area contributed by atoms with Gasteiger partial charge in [0.25, 0.3) is 0 Å². The molecule has 4 unspecified atom stereocenters. The normalized spacial score (nSPS) is 44.0. The first-order valence-electron chi connectivity index (χ1n) is 12.5. The van der Waals surface area contributed by atoms with Gasteiger partial charge in [-0.15, -0.1) is 0 Å². The van der Waals surface area contributed by atoms with Crippen LogP contribution in [0.5, 0.6) is 11.5 Å². The van der Waals surface area contributed by atoms with Crippen LogP contribution in [0.1, 0.15) is 77.8 Å². The van der Waals surface area contributed by atoms with E-state index in [2.05, 4.69) is 45.7 Å². The Kier molecular flexibility index (Phi) is 4.67. The second-order valence-corrected chi connectivity index (χ2v) is 11.7. The number of benzene rings is 1. The Labute approximate surface area is 193 Å². The number of piperidine rings is 1. The summed E-state index contributed by atoms with van der Waals surface area (Å²) in [5.41, 5.74) is 0.0844. The van der Waals surface area contributed by atoms with Gasteiger partial charge >= 0.3 is 0 Å². The number of nitrogens with zero attached hydrogens (tertiary/aromatic N) is 1. The van der Waals surface area contributed by atoms with E-state index in [-0.39, 0.29) is 22.7 Å². The molecule has 2 N–H and O–H groups in total. The van der Waals surface area contributed by atoms with E-state index in [9.17, 15) is 10.2 Å². The summed E-state index contributed by atoms with van der Waals surface area (Å²) in [6.07, 6.45) is 5.18. The molecular weight excluding hydrogens is 402 g/mol. The number of hydrogen-bond acceptors (Lipinski definition) is 5. The van der Waals surface area contributed by atoms with Gasteiger partial charge in [0, 0.05) is 35.0 Å². The van der Waals surface area contributed by atoms with E-state index in [1.54, 1.807) is 13.2 Å². The fourth-order valence-corrected chi connectivity index (χ4v) is 8.99. The van der Waals surface area contributed by atoms with Crippen molar-refractivity contribution in [3.05, 3.63) is 23.3 Å². The Morgan fingerprint density at radius 1 is 1.28 bits per heavy atom. The minimum absolute atomic E-state index is 0.0682. The summed E-state index contributed by atoms with van der Waals surface area (Å²) in [7, 11) is 4.04. The predicted octanol–water partition coefficient (Wildman–Crippen LogP) is 4.41. The summed E-state index contributed by atoms with van der Waals surface area (Å²) in [5.74, 6) is 0.895. The number of likely N-dealkylation sites (N-methyl/N-ethyl adjacent to an activating group) is 1. The third-order valence-corrected chi connectivity index (χ3v) is 10.9. The lowest BCUT2D eigenvalue weighted by molar-refractivity contribution is -0.300. The quantitative estimate of drug-likeness (QED) is 0.706. The van der Waals surface area contributed by atoms with E-state index in [1.807, 2.05) is 6.92 Å². The van der Waals surface area contributed by atoms with Crippen molar-refractivity contribution in [3.8, 4) is 11.5 Å². The number of likely N-dealkylation sites (tertiary alicyclic amines) is 1. The topological polar surface area (TPSA) is 62.2 Å². The molecule has 1 aromatic rings. The largest absolute Gasteiger partial charge is 0.504 e. The van der Waals surface area contributed by atoms with Crippen LogP contribution in [0.4, 0.5) is 0 Å². The zero-order valence-corrected chi connectivity index (χ0v) is 20.9. The van der Waals surface area contributed by atoms with Crippen molar-refractivity contribution in [3.63, 3.8) is 0 Å². The smallest absolute Gasteiger partial charge is 0.165 e. The molecule has 2 aliphatic carbocycles. The summed E-state index contributed by atoms with van der Waals surface area (Å²) in [6.45, 7) is 11.8. The molecule has 2 bridgehead atoms. The molecule has 1 saturated carbocycles. The van der Waals surface area contributed by atoms with Gasteiger partial charge in [0.15, 0.2) is 11.5 Å². The van der Waals surface area contributed by atoms with Crippen molar-refractivity contribution in [2.45, 2.75) is 102 Å². The molecule has 178 valence electrons. The molecule has 5 nitrogen and oxygen atoms in total. The van der Waals surface area contributed by atoms with Crippen LogP contribution in [0.3, 0.4) is 0 Å². The molecule has 1 spiro atoms. The fourth-order valence-electron chi connectivity index (χ4n) is 8.99. The van der Waals surface area contributed by atoms with Crippen LogP contribution >= 0.6 is 0 Å². The number of hydrogen-bond donors (Lipinski definition) is 2. The molecule has 1 saturated heterocycles. The minimum atomic E-state index is -0.913. The Bertz CT molecular complexity index is 946. The highest BCUT2D eigenvalue weighted by atomic mass is 16.6. The zero-order valence-electron chi connectivity index (χ0n) is 20.9. The molecule has 0 amide bonds. The molecule has 0 aromatic heterocycles. The number of aromatic hydroxyl groups is 1. The molecule has 7 atom stereocenters. The third kappa shape index (κ3) is 2.17. The van der Waals surface area contributed by atoms with Gasteiger partial charge in [-0.05, 0) is 71.2 Å². The summed E-state index contributed by atoms with van der Waals surface area (Å²) in [4.78, 5) is 2.55. The van der Waals surface area contributed by atoms with Crippen molar-refractivity contribution in [2.24, 2.45) is 10.8 Å². The highest BCUT2D eigenvalue weighted by Gasteiger charge is 2.80. The maximum absolute atomic E-state index is 12.0. The average molecular weight is 444 g/mol. The van der Waals surface area contributed by atoms with E-state index in [1.165, 1.54) is 11.1 Å². The second kappa shape index (κ2) is 6.64. The Balaban J connectivity index is 1.86. The van der Waals surface area contributed by atoms with E-state index in [0.29, 0.717) is 18.2 Å². The first kappa shape index (κ1) is 22.5. The van der Waals surface area contributed by atoms with Gasteiger partial charge in [0.2, 0.25) is 0 Å². The van der Waals surface area contributed by atoms with Crippen LogP contribution in [0.15, 0.2) is 12.1 Å². The van der Waals surface area contributed by atoms with Crippen LogP contribution in [-0.2, 0) is 16.6 Å². The summed E-state index contributed by atoms with van der Waals surface area (Å²) in [6, 6.07) is 4.28. The highest BCUT2D eigenvalue weighted by molar-refractivity contribution is 5.62. The van der Waals surface area contributed by atoms with Crippen molar-refractivity contribution in [1.29, 1.82) is 0 Å². The monoisotopic (exact) mass is 443 g/mol. The standard InChI is InChI=1S/C27H41NO4/c1-8-12-24(4,30)23(3)16-26(9-2)19-15-17-10-11-18(29)21-20(17)27(26,13-14-28(19)6)22(32-21)25(23,5)31-7/h10-11,19,22,29-30H,8-9,12-16H2,1-7H3/t19?,22?,23-,24?,25-,26+,27?/m0/s1. The molecular formula is C27H41NO4. The zero-order chi connectivity index (χ0) is 23.3. The van der Waals surface area contributed by atoms with Gasteiger partial charge in [-0.25, -0.2) is 0 Å². The SMILES string of the molecule is CCCC(C)(O)[C@]1(C)C[C@]2(CC)C3Cc4ccc(O)c5c4C2(CCN3C)C(O5)[C@]1(C)OC. The van der Waals surface area contributed by atoms with Crippen LogP contribution in [0.2, 0.25) is 0 Å². The van der Waals surface area contributed by atoms with Gasteiger partial charge in [-0.3, -0.25) is 0 Å². The lowest BCUT2D eigenvalue weighted by Gasteiger charge is -2.73. The van der Waals surface area contributed by atoms with E-state index in [0.717, 1.165) is 38.6 Å². The Hall–Kier alpha value is -1.30. The van der Waals surface area contributed by atoms with Crippen molar-refractivity contribution in [2.75, 3.05) is 20.7 Å². The number of phenols is 1. The lowest BCUT2D eigenvalue weighted by atomic mass is 9.35. The average Bonchev–Trinajstić information content (AvgIpc) is 3.11. The maximum Gasteiger partial charge on any atom is 0.165 e. The maximum atomic E-state index is 12.0. The van der Waals surface area contributed by atoms with Crippen molar-refractivity contribution in [1.82, 2.24) is 4.90 Å². The van der Waals surface area contributed by atoms with Crippen LogP contribution in [0, 0.1) is 10.8 Å². The van der Waals surface area contributed by atoms with E-state index in [4.69, 9.17) is 9.47 Å². The molecule has 0 radical (unpaired) electrons. The summed E-state index contributed by atoms with van der Waals surface area (Å²) in [5, 5.41) is 22.9. The second-order valence-electron chi connectivity index (χ2n) is 11.7. The minimum Gasteiger partial charge on any atom is -0.504 e. The van der Waals surface area contributed by atoms with Gasteiger partial charge in [0.1, 0.15) is 11.7 Å². The molecule has 1 aromatic carbocycles. The van der Waals surface area contributed by atoms with Gasteiger partial charge in [0.05, 0.1) is 5.60 Å². The number of rotatable bonds is 5. The number of methoxy groups -OCH3 is 1. The Morgan fingerprint density at radius 3 is 2.62 bits per heavy atom. The van der Waals surface area contributed by atoms with Gasteiger partial charge in [-0.1, -0.05) is 33.3 Å². The van der Waals surface area contributed by atoms with Gasteiger partial charge < -0.3 is 24.6 Å². The molecule has 5 rings (SSSR count). The molecule has 2 fully saturated rings. The number of aliphatic hydroxyl groups is 1. The molecule has 4 aliphatic rings. The van der Waals surface area contributed by atoms with Crippen LogP contribution in [0.25, 0.3) is 0 Å². The Morgan fingerprint density at radius 2 is 2.00 bits per heavy atom. The van der Waals surface area contributed by atoms with Crippen LogP contribution < -0.4 is 4.74 Å². The summed E-state index contributed by atoms with van der Waals surface area (Å²) < 4.78 is 13.3. The van der Waals surface area contributed by atoms with Crippen molar-refractivity contribution >= 4 is 0 Å². The predicted molar refractivity (Wildman–Crippen MR) is 125 cm³/mol. The van der Waals surface area contributed by atoms with Crippen LogP contribution in [-0.4, -0.2) is 59.2 Å². The molecule has 32 heavy (non-hydrogen) atoms. The molecule has 2 heterocycles. The van der Waals surface area contributed by atoms with Gasteiger partial charge in [-0.2, -0.15) is 0 Å². The first-order valence-corrected chi connectivity index (χ1v) is 12.5. The third-order valence-electron chi connectivity index (χ3n) is 10.9. The van der Waals surface area contributed by atoms with E-state index >= 15 is 0 Å².